The fraction of sp³-hybridized carbons (Fsp3) is 0.0952. The fourth-order valence-corrected chi connectivity index (χ4v) is 3.88. The molecular formula is C21H18NaO5S. The second kappa shape index (κ2) is 8.59. The minimum Gasteiger partial charge on any atom is -0.508 e. The first-order chi connectivity index (χ1) is 12.7. The second-order valence-electron chi connectivity index (χ2n) is 6.32. The van der Waals surface area contributed by atoms with Crippen LogP contribution < -0.4 is 0 Å². The Morgan fingerprint density at radius 2 is 1.64 bits per heavy atom. The summed E-state index contributed by atoms with van der Waals surface area (Å²) in [5, 5.41) is 9.75. The molecule has 0 saturated carbocycles. The van der Waals surface area contributed by atoms with Gasteiger partial charge in [-0.2, -0.15) is 8.42 Å². The van der Waals surface area contributed by atoms with Crippen molar-refractivity contribution in [2.75, 3.05) is 0 Å². The number of carbonyl (C=O) groups excluding carboxylic acids is 1. The molecule has 0 aromatic heterocycles. The van der Waals surface area contributed by atoms with E-state index >= 15 is 0 Å². The van der Waals surface area contributed by atoms with Crippen LogP contribution in [-0.4, -0.2) is 53.4 Å². The summed E-state index contributed by atoms with van der Waals surface area (Å²) in [6.07, 6.45) is 4.52. The zero-order chi connectivity index (χ0) is 19.8. The SMILES string of the molecule is CC1=CC(=O)C=C/C1=C(\c1ccc(O)cc1C)c1ccccc1S(=O)(=O)O.[Na]. The zero-order valence-electron chi connectivity index (χ0n) is 15.8. The summed E-state index contributed by atoms with van der Waals surface area (Å²) < 4.78 is 33.6. The van der Waals surface area contributed by atoms with Crippen molar-refractivity contribution in [3.8, 4) is 5.75 Å². The van der Waals surface area contributed by atoms with E-state index < -0.39 is 10.1 Å². The van der Waals surface area contributed by atoms with Crippen LogP contribution in [0.25, 0.3) is 5.57 Å². The molecule has 1 radical (unpaired) electrons. The molecule has 139 valence electrons. The molecule has 0 unspecified atom stereocenters. The zero-order valence-corrected chi connectivity index (χ0v) is 18.6. The van der Waals surface area contributed by atoms with E-state index in [1.807, 2.05) is 0 Å². The first-order valence-corrected chi connectivity index (χ1v) is 9.64. The number of phenols is 1. The topological polar surface area (TPSA) is 91.7 Å². The molecule has 0 atom stereocenters. The van der Waals surface area contributed by atoms with E-state index in [0.29, 0.717) is 27.8 Å². The van der Waals surface area contributed by atoms with E-state index in [0.717, 1.165) is 5.56 Å². The van der Waals surface area contributed by atoms with Gasteiger partial charge in [0.15, 0.2) is 5.78 Å². The summed E-state index contributed by atoms with van der Waals surface area (Å²) >= 11 is 0. The van der Waals surface area contributed by atoms with Crippen LogP contribution in [0.4, 0.5) is 0 Å². The summed E-state index contributed by atoms with van der Waals surface area (Å²) in [5.74, 6) is -0.0635. The monoisotopic (exact) mass is 405 g/mol. The van der Waals surface area contributed by atoms with Crippen LogP contribution in [0.5, 0.6) is 5.75 Å². The van der Waals surface area contributed by atoms with Gasteiger partial charge in [0.05, 0.1) is 0 Å². The van der Waals surface area contributed by atoms with Crippen molar-refractivity contribution in [1.29, 1.82) is 0 Å². The van der Waals surface area contributed by atoms with Crippen molar-refractivity contribution in [3.05, 3.63) is 88.5 Å². The van der Waals surface area contributed by atoms with E-state index in [2.05, 4.69) is 0 Å². The van der Waals surface area contributed by atoms with Crippen molar-refractivity contribution in [3.63, 3.8) is 0 Å². The van der Waals surface area contributed by atoms with Gasteiger partial charge in [-0.05, 0) is 72.0 Å². The summed E-state index contributed by atoms with van der Waals surface area (Å²) in [6, 6.07) is 10.9. The summed E-state index contributed by atoms with van der Waals surface area (Å²) in [4.78, 5) is 11.5. The minimum absolute atomic E-state index is 0. The van der Waals surface area contributed by atoms with E-state index in [1.54, 1.807) is 44.2 Å². The summed E-state index contributed by atoms with van der Waals surface area (Å²) in [6.45, 7) is 3.56. The molecule has 0 fully saturated rings. The van der Waals surface area contributed by atoms with Crippen molar-refractivity contribution < 1.29 is 22.9 Å². The molecule has 0 amide bonds. The molecule has 0 aliphatic heterocycles. The van der Waals surface area contributed by atoms with Crippen LogP contribution in [0, 0.1) is 6.92 Å². The van der Waals surface area contributed by atoms with Gasteiger partial charge in [0.1, 0.15) is 10.6 Å². The molecule has 2 aromatic rings. The molecule has 1 aliphatic carbocycles. The van der Waals surface area contributed by atoms with Gasteiger partial charge in [0.2, 0.25) is 0 Å². The maximum absolute atomic E-state index is 12.0. The Morgan fingerprint density at radius 3 is 2.25 bits per heavy atom. The van der Waals surface area contributed by atoms with E-state index in [9.17, 15) is 22.9 Å². The van der Waals surface area contributed by atoms with Crippen LogP contribution in [0.3, 0.4) is 0 Å². The number of hydrogen-bond acceptors (Lipinski definition) is 4. The van der Waals surface area contributed by atoms with Crippen molar-refractivity contribution in [2.24, 2.45) is 0 Å². The Kier molecular flexibility index (Phi) is 6.85. The molecule has 2 aromatic carbocycles. The van der Waals surface area contributed by atoms with Crippen LogP contribution in [0.1, 0.15) is 23.6 Å². The minimum atomic E-state index is -4.47. The first kappa shape index (κ1) is 22.3. The molecule has 0 bridgehead atoms. The number of benzene rings is 2. The standard InChI is InChI=1S/C21H18O5S.Na/c1-13-11-15(22)7-9-17(13)21(18-10-8-16(23)12-14(18)2)19-5-3-4-6-20(19)27(24,25)26;/h3-12,22H,1-2H3,(H,24,25,26);/b21-18-;. The smallest absolute Gasteiger partial charge is 0.295 e. The Labute approximate surface area is 186 Å². The Morgan fingerprint density at radius 1 is 0.964 bits per heavy atom. The number of aromatic hydroxyl groups is 1. The Bertz CT molecular complexity index is 1140. The van der Waals surface area contributed by atoms with Crippen LogP contribution in [0.2, 0.25) is 0 Å². The molecule has 0 heterocycles. The Balaban J connectivity index is 0.00000280. The van der Waals surface area contributed by atoms with Gasteiger partial charge in [-0.1, -0.05) is 30.3 Å². The van der Waals surface area contributed by atoms with E-state index in [4.69, 9.17) is 0 Å². The number of ketones is 1. The van der Waals surface area contributed by atoms with Crippen molar-refractivity contribution in [1.82, 2.24) is 0 Å². The maximum atomic E-state index is 12.0. The average molecular weight is 405 g/mol. The number of hydrogen-bond donors (Lipinski definition) is 2. The molecular weight excluding hydrogens is 387 g/mol. The normalized spacial score (nSPS) is 15.7. The number of phenolic OH excluding ortho intramolecular Hbond substituents is 1. The molecule has 0 saturated heterocycles. The number of rotatable bonds is 3. The first-order valence-electron chi connectivity index (χ1n) is 8.20. The second-order valence-corrected chi connectivity index (χ2v) is 7.71. The largest absolute Gasteiger partial charge is 0.508 e. The van der Waals surface area contributed by atoms with E-state index in [-0.39, 0.29) is 46.0 Å². The molecule has 2 N–H and O–H groups in total. The van der Waals surface area contributed by atoms with Gasteiger partial charge in [-0.3, -0.25) is 9.35 Å². The Hall–Kier alpha value is -1.96. The molecule has 7 heteroatoms. The summed E-state index contributed by atoms with van der Waals surface area (Å²) in [7, 11) is -4.47. The predicted octanol–water partition coefficient (Wildman–Crippen LogP) is 3.45. The van der Waals surface area contributed by atoms with Crippen LogP contribution in [0.15, 0.2) is 76.7 Å². The third-order valence-electron chi connectivity index (χ3n) is 4.38. The molecule has 0 spiro atoms. The van der Waals surface area contributed by atoms with Gasteiger partial charge in [0.25, 0.3) is 10.1 Å². The van der Waals surface area contributed by atoms with Gasteiger partial charge >= 0.3 is 0 Å². The molecule has 1 aliphatic rings. The number of allylic oxidation sites excluding steroid dienone is 5. The molecule has 28 heavy (non-hydrogen) atoms. The fourth-order valence-electron chi connectivity index (χ4n) is 3.18. The maximum Gasteiger partial charge on any atom is 0.295 e. The third-order valence-corrected chi connectivity index (χ3v) is 5.29. The molecule has 5 nitrogen and oxygen atoms in total. The number of aryl methyl sites for hydroxylation is 1. The van der Waals surface area contributed by atoms with Gasteiger partial charge < -0.3 is 5.11 Å². The van der Waals surface area contributed by atoms with Gasteiger partial charge in [-0.15, -0.1) is 0 Å². The predicted molar refractivity (Wildman–Crippen MR) is 109 cm³/mol. The average Bonchev–Trinajstić information content (AvgIpc) is 2.58. The van der Waals surface area contributed by atoms with Gasteiger partial charge in [0, 0.05) is 35.1 Å². The van der Waals surface area contributed by atoms with Crippen molar-refractivity contribution >= 4 is 51.0 Å². The van der Waals surface area contributed by atoms with Gasteiger partial charge in [-0.25, -0.2) is 0 Å². The third kappa shape index (κ3) is 4.54. The van der Waals surface area contributed by atoms with E-state index in [1.165, 1.54) is 30.4 Å². The van der Waals surface area contributed by atoms with Crippen molar-refractivity contribution in [2.45, 2.75) is 18.7 Å². The van der Waals surface area contributed by atoms with Crippen LogP contribution in [-0.2, 0) is 14.9 Å². The summed E-state index contributed by atoms with van der Waals surface area (Å²) in [5.41, 5.74) is 3.62. The molecule has 3 rings (SSSR count). The number of carbonyl (C=O) groups is 1. The quantitative estimate of drug-likeness (QED) is 0.603. The van der Waals surface area contributed by atoms with Crippen LogP contribution >= 0.6 is 0 Å².